The highest BCUT2D eigenvalue weighted by Crippen LogP contribution is 2.21. The zero-order chi connectivity index (χ0) is 16.8. The van der Waals surface area contributed by atoms with E-state index in [-0.39, 0.29) is 11.3 Å². The first-order valence-corrected chi connectivity index (χ1v) is 6.80. The average molecular weight is 334 g/mol. The average Bonchev–Trinajstić information content (AvgIpc) is 2.54. The predicted molar refractivity (Wildman–Crippen MR) is 86.2 cm³/mol. The molecule has 7 nitrogen and oxygen atoms in total. The molecular weight excluding hydrogens is 322 g/mol. The van der Waals surface area contributed by atoms with Gasteiger partial charge in [0.05, 0.1) is 23.8 Å². The van der Waals surface area contributed by atoms with Crippen molar-refractivity contribution in [3.63, 3.8) is 0 Å². The van der Waals surface area contributed by atoms with Crippen LogP contribution in [-0.4, -0.2) is 24.2 Å². The predicted octanol–water partition coefficient (Wildman–Crippen LogP) is 3.02. The summed E-state index contributed by atoms with van der Waals surface area (Å²) in [4.78, 5) is 22.3. The SMILES string of the molecule is COc1cccc(C(=O)NN=Cc2cc(Cl)ccc2[N+](=O)[O-])c1. The fourth-order valence-electron chi connectivity index (χ4n) is 1.78. The Labute approximate surface area is 136 Å². The smallest absolute Gasteiger partial charge is 0.278 e. The van der Waals surface area contributed by atoms with Crippen molar-refractivity contribution in [1.29, 1.82) is 0 Å². The molecule has 8 heteroatoms. The Balaban J connectivity index is 2.14. The number of hydrogen-bond donors (Lipinski definition) is 1. The maximum Gasteiger partial charge on any atom is 0.278 e. The summed E-state index contributed by atoms with van der Waals surface area (Å²) in [6, 6.07) is 10.6. The summed E-state index contributed by atoms with van der Waals surface area (Å²) in [7, 11) is 1.49. The monoisotopic (exact) mass is 333 g/mol. The van der Waals surface area contributed by atoms with Gasteiger partial charge in [0, 0.05) is 16.7 Å². The highest BCUT2D eigenvalue weighted by atomic mass is 35.5. The Kier molecular flexibility index (Phi) is 5.27. The van der Waals surface area contributed by atoms with Crippen LogP contribution in [0.1, 0.15) is 15.9 Å². The topological polar surface area (TPSA) is 93.8 Å². The normalized spacial score (nSPS) is 10.5. The third-order valence-electron chi connectivity index (χ3n) is 2.89. The van der Waals surface area contributed by atoms with Gasteiger partial charge in [-0.2, -0.15) is 5.10 Å². The molecular formula is C15H12ClN3O4. The molecule has 118 valence electrons. The highest BCUT2D eigenvalue weighted by molar-refractivity contribution is 6.31. The first-order chi connectivity index (χ1) is 11.0. The quantitative estimate of drug-likeness (QED) is 0.517. The molecule has 0 saturated heterocycles. The minimum absolute atomic E-state index is 0.159. The van der Waals surface area contributed by atoms with Gasteiger partial charge in [0.25, 0.3) is 11.6 Å². The van der Waals surface area contributed by atoms with E-state index in [0.717, 1.165) is 0 Å². The van der Waals surface area contributed by atoms with Crippen molar-refractivity contribution in [2.45, 2.75) is 0 Å². The van der Waals surface area contributed by atoms with Crippen molar-refractivity contribution in [3.8, 4) is 5.75 Å². The van der Waals surface area contributed by atoms with Crippen LogP contribution in [0.2, 0.25) is 5.02 Å². The Hall–Kier alpha value is -2.93. The number of hydrazone groups is 1. The fraction of sp³-hybridized carbons (Fsp3) is 0.0667. The van der Waals surface area contributed by atoms with Crippen molar-refractivity contribution < 1.29 is 14.5 Å². The zero-order valence-electron chi connectivity index (χ0n) is 12.0. The number of halogens is 1. The molecule has 2 aromatic carbocycles. The number of nitrogens with one attached hydrogen (secondary N) is 1. The van der Waals surface area contributed by atoms with E-state index in [2.05, 4.69) is 10.5 Å². The Bertz CT molecular complexity index is 777. The van der Waals surface area contributed by atoms with E-state index in [1.54, 1.807) is 24.3 Å². The molecule has 0 aromatic heterocycles. The number of nitro benzene ring substituents is 1. The van der Waals surface area contributed by atoms with Crippen LogP contribution in [0.4, 0.5) is 5.69 Å². The van der Waals surface area contributed by atoms with Gasteiger partial charge in [0.15, 0.2) is 0 Å². The maximum absolute atomic E-state index is 11.9. The van der Waals surface area contributed by atoms with Crippen LogP contribution < -0.4 is 10.2 Å². The second-order valence-electron chi connectivity index (χ2n) is 4.39. The zero-order valence-corrected chi connectivity index (χ0v) is 12.8. The molecule has 1 amide bonds. The number of nitro groups is 1. The summed E-state index contributed by atoms with van der Waals surface area (Å²) in [5.41, 5.74) is 2.67. The van der Waals surface area contributed by atoms with Crippen LogP contribution in [0.25, 0.3) is 0 Å². The molecule has 1 N–H and O–H groups in total. The van der Waals surface area contributed by atoms with Crippen molar-refractivity contribution in [2.24, 2.45) is 5.10 Å². The van der Waals surface area contributed by atoms with Gasteiger partial charge in [-0.25, -0.2) is 5.43 Å². The fourth-order valence-corrected chi connectivity index (χ4v) is 1.96. The van der Waals surface area contributed by atoms with Crippen LogP contribution in [-0.2, 0) is 0 Å². The van der Waals surface area contributed by atoms with E-state index < -0.39 is 10.8 Å². The molecule has 0 saturated carbocycles. The Morgan fingerprint density at radius 2 is 2.13 bits per heavy atom. The minimum Gasteiger partial charge on any atom is -0.497 e. The second-order valence-corrected chi connectivity index (χ2v) is 4.83. The highest BCUT2D eigenvalue weighted by Gasteiger charge is 2.12. The molecule has 0 radical (unpaired) electrons. The molecule has 0 bridgehead atoms. The largest absolute Gasteiger partial charge is 0.497 e. The van der Waals surface area contributed by atoms with E-state index in [0.29, 0.717) is 16.3 Å². The van der Waals surface area contributed by atoms with Crippen LogP contribution in [0.15, 0.2) is 47.6 Å². The van der Waals surface area contributed by atoms with Gasteiger partial charge in [-0.15, -0.1) is 0 Å². The van der Waals surface area contributed by atoms with Crippen molar-refractivity contribution in [1.82, 2.24) is 5.43 Å². The van der Waals surface area contributed by atoms with Crippen LogP contribution >= 0.6 is 11.6 Å². The molecule has 23 heavy (non-hydrogen) atoms. The molecule has 0 fully saturated rings. The number of rotatable bonds is 5. The van der Waals surface area contributed by atoms with Crippen LogP contribution in [0, 0.1) is 10.1 Å². The first kappa shape index (κ1) is 16.4. The van der Waals surface area contributed by atoms with Gasteiger partial charge in [-0.1, -0.05) is 17.7 Å². The Morgan fingerprint density at radius 1 is 1.35 bits per heavy atom. The lowest BCUT2D eigenvalue weighted by Gasteiger charge is -2.03. The number of ether oxygens (including phenoxy) is 1. The van der Waals surface area contributed by atoms with Crippen LogP contribution in [0.3, 0.4) is 0 Å². The molecule has 2 rings (SSSR count). The summed E-state index contributed by atoms with van der Waals surface area (Å²) in [5.74, 6) is 0.0666. The molecule has 0 aliphatic rings. The molecule has 0 atom stereocenters. The number of methoxy groups -OCH3 is 1. The van der Waals surface area contributed by atoms with E-state index in [1.807, 2.05) is 0 Å². The van der Waals surface area contributed by atoms with Gasteiger partial charge in [0.2, 0.25) is 0 Å². The molecule has 0 unspecified atom stereocenters. The number of carbonyl (C=O) groups is 1. The number of nitrogens with zero attached hydrogens (tertiary/aromatic N) is 2. The molecule has 0 heterocycles. The summed E-state index contributed by atoms with van der Waals surface area (Å²) >= 11 is 5.81. The van der Waals surface area contributed by atoms with E-state index >= 15 is 0 Å². The van der Waals surface area contributed by atoms with E-state index in [9.17, 15) is 14.9 Å². The Morgan fingerprint density at radius 3 is 2.83 bits per heavy atom. The number of benzene rings is 2. The van der Waals surface area contributed by atoms with Gasteiger partial charge >= 0.3 is 0 Å². The summed E-state index contributed by atoms with van der Waals surface area (Å²) in [5, 5.41) is 15.0. The lowest BCUT2D eigenvalue weighted by Crippen LogP contribution is -2.17. The summed E-state index contributed by atoms with van der Waals surface area (Å²) in [6.07, 6.45) is 1.17. The molecule has 2 aromatic rings. The van der Waals surface area contributed by atoms with Crippen molar-refractivity contribution in [2.75, 3.05) is 7.11 Å². The molecule has 0 aliphatic heterocycles. The van der Waals surface area contributed by atoms with Crippen molar-refractivity contribution in [3.05, 3.63) is 68.7 Å². The summed E-state index contributed by atoms with van der Waals surface area (Å²) in [6.45, 7) is 0. The lowest BCUT2D eigenvalue weighted by molar-refractivity contribution is -0.385. The third-order valence-corrected chi connectivity index (χ3v) is 3.12. The maximum atomic E-state index is 11.9. The third kappa shape index (κ3) is 4.27. The second kappa shape index (κ2) is 7.37. The van der Waals surface area contributed by atoms with Gasteiger partial charge in [-0.05, 0) is 30.3 Å². The van der Waals surface area contributed by atoms with Gasteiger partial charge < -0.3 is 4.74 Å². The van der Waals surface area contributed by atoms with Crippen molar-refractivity contribution >= 4 is 29.4 Å². The number of carbonyl (C=O) groups excluding carboxylic acids is 1. The van der Waals surface area contributed by atoms with Gasteiger partial charge in [0.1, 0.15) is 5.75 Å². The minimum atomic E-state index is -0.554. The first-order valence-electron chi connectivity index (χ1n) is 6.42. The molecule has 0 spiro atoms. The van der Waals surface area contributed by atoms with E-state index in [4.69, 9.17) is 16.3 Å². The number of amides is 1. The van der Waals surface area contributed by atoms with Gasteiger partial charge in [-0.3, -0.25) is 14.9 Å². The summed E-state index contributed by atoms with van der Waals surface area (Å²) < 4.78 is 5.03. The van der Waals surface area contributed by atoms with Crippen LogP contribution in [0.5, 0.6) is 5.75 Å². The molecule has 0 aliphatic carbocycles. The number of hydrogen-bond acceptors (Lipinski definition) is 5. The standard InChI is InChI=1S/C15H12ClN3O4/c1-23-13-4-2-3-10(8-13)15(20)18-17-9-11-7-12(16)5-6-14(11)19(21)22/h2-9H,1H3,(H,18,20). The lowest BCUT2D eigenvalue weighted by atomic mass is 10.2. The van der Waals surface area contributed by atoms with E-state index in [1.165, 1.54) is 31.5 Å².